The van der Waals surface area contributed by atoms with Crippen molar-refractivity contribution >= 4 is 17.4 Å². The van der Waals surface area contributed by atoms with Crippen LogP contribution < -0.4 is 5.73 Å². The van der Waals surface area contributed by atoms with Gasteiger partial charge in [-0.15, -0.1) is 5.10 Å². The molecule has 4 nitrogen and oxygen atoms in total. The van der Waals surface area contributed by atoms with Crippen molar-refractivity contribution in [3.63, 3.8) is 0 Å². The molecule has 2 rings (SSSR count). The number of nitrogens with two attached hydrogens (primary N) is 1. The second-order valence-electron chi connectivity index (χ2n) is 4.30. The third-order valence-electron chi connectivity index (χ3n) is 2.57. The molecule has 0 unspecified atom stereocenters. The lowest BCUT2D eigenvalue weighted by Crippen LogP contribution is -2.08. The molecule has 90 valence electrons. The number of benzene rings is 1. The maximum Gasteiger partial charge on any atom is 0.169 e. The van der Waals surface area contributed by atoms with Crippen molar-refractivity contribution in [3.05, 3.63) is 40.5 Å². The van der Waals surface area contributed by atoms with Crippen LogP contribution in [0.1, 0.15) is 31.0 Å². The maximum atomic E-state index is 5.95. The molecule has 0 atom stereocenters. The van der Waals surface area contributed by atoms with Gasteiger partial charge in [0.05, 0.1) is 12.2 Å². The first-order valence-corrected chi connectivity index (χ1v) is 5.89. The SMILES string of the molecule is CC(C)c1c(N)nnn1Cc1cccc(Cl)c1. The topological polar surface area (TPSA) is 56.7 Å². The summed E-state index contributed by atoms with van der Waals surface area (Å²) in [5.41, 5.74) is 7.86. The minimum Gasteiger partial charge on any atom is -0.381 e. The molecule has 1 aromatic carbocycles. The highest BCUT2D eigenvalue weighted by Gasteiger charge is 2.13. The van der Waals surface area contributed by atoms with Crippen LogP contribution in [0.2, 0.25) is 5.02 Å². The largest absolute Gasteiger partial charge is 0.381 e. The summed E-state index contributed by atoms with van der Waals surface area (Å²) in [4.78, 5) is 0. The van der Waals surface area contributed by atoms with Gasteiger partial charge in [-0.1, -0.05) is 42.8 Å². The van der Waals surface area contributed by atoms with E-state index in [0.29, 0.717) is 18.3 Å². The molecular formula is C12H15ClN4. The van der Waals surface area contributed by atoms with Crippen LogP contribution in [0.4, 0.5) is 5.82 Å². The van der Waals surface area contributed by atoms with Gasteiger partial charge in [0.1, 0.15) is 0 Å². The summed E-state index contributed by atoms with van der Waals surface area (Å²) in [6, 6.07) is 7.70. The van der Waals surface area contributed by atoms with Gasteiger partial charge in [0.15, 0.2) is 5.82 Å². The first kappa shape index (κ1) is 11.9. The van der Waals surface area contributed by atoms with Gasteiger partial charge >= 0.3 is 0 Å². The molecule has 5 heteroatoms. The van der Waals surface area contributed by atoms with E-state index in [-0.39, 0.29) is 0 Å². The van der Waals surface area contributed by atoms with E-state index in [0.717, 1.165) is 16.3 Å². The van der Waals surface area contributed by atoms with E-state index < -0.39 is 0 Å². The standard InChI is InChI=1S/C12H15ClN4/c1-8(2)11-12(14)15-16-17(11)7-9-4-3-5-10(13)6-9/h3-6,8H,7,14H2,1-2H3. The number of aromatic nitrogens is 3. The molecule has 0 spiro atoms. The Morgan fingerprint density at radius 2 is 2.18 bits per heavy atom. The van der Waals surface area contributed by atoms with Crippen molar-refractivity contribution in [2.75, 3.05) is 5.73 Å². The van der Waals surface area contributed by atoms with Crippen molar-refractivity contribution < 1.29 is 0 Å². The third kappa shape index (κ3) is 2.58. The molecule has 0 bridgehead atoms. The lowest BCUT2D eigenvalue weighted by molar-refractivity contribution is 0.598. The van der Waals surface area contributed by atoms with Crippen molar-refractivity contribution in [1.82, 2.24) is 15.0 Å². The molecule has 0 aliphatic heterocycles. The highest BCUT2D eigenvalue weighted by atomic mass is 35.5. The minimum absolute atomic E-state index is 0.296. The molecular weight excluding hydrogens is 236 g/mol. The van der Waals surface area contributed by atoms with Crippen LogP contribution in [0.5, 0.6) is 0 Å². The molecule has 1 heterocycles. The second kappa shape index (κ2) is 4.75. The van der Waals surface area contributed by atoms with Crippen molar-refractivity contribution in [2.45, 2.75) is 26.3 Å². The smallest absolute Gasteiger partial charge is 0.169 e. The number of hydrogen-bond donors (Lipinski definition) is 1. The van der Waals surface area contributed by atoms with Crippen molar-refractivity contribution in [2.24, 2.45) is 0 Å². The summed E-state index contributed by atoms with van der Waals surface area (Å²) in [6.45, 7) is 4.78. The normalized spacial score (nSPS) is 11.1. The highest BCUT2D eigenvalue weighted by Crippen LogP contribution is 2.20. The Kier molecular flexibility index (Phi) is 3.33. The molecule has 0 amide bonds. The minimum atomic E-state index is 0.296. The van der Waals surface area contributed by atoms with Crippen LogP contribution >= 0.6 is 11.6 Å². The highest BCUT2D eigenvalue weighted by molar-refractivity contribution is 6.30. The van der Waals surface area contributed by atoms with Crippen LogP contribution in [0, 0.1) is 0 Å². The summed E-state index contributed by atoms with van der Waals surface area (Å²) in [5, 5.41) is 8.70. The average molecular weight is 251 g/mol. The second-order valence-corrected chi connectivity index (χ2v) is 4.74. The van der Waals surface area contributed by atoms with Crippen LogP contribution in [0.3, 0.4) is 0 Å². The monoisotopic (exact) mass is 250 g/mol. The molecule has 0 fully saturated rings. The lowest BCUT2D eigenvalue weighted by atomic mass is 10.1. The zero-order chi connectivity index (χ0) is 12.4. The van der Waals surface area contributed by atoms with E-state index in [2.05, 4.69) is 24.2 Å². The van der Waals surface area contributed by atoms with Crippen LogP contribution in [0.15, 0.2) is 24.3 Å². The Morgan fingerprint density at radius 3 is 2.82 bits per heavy atom. The van der Waals surface area contributed by atoms with E-state index in [9.17, 15) is 0 Å². The molecule has 2 aromatic rings. The van der Waals surface area contributed by atoms with Gasteiger partial charge in [0.25, 0.3) is 0 Å². The first-order chi connectivity index (χ1) is 8.08. The lowest BCUT2D eigenvalue weighted by Gasteiger charge is -2.09. The molecule has 17 heavy (non-hydrogen) atoms. The van der Waals surface area contributed by atoms with Crippen molar-refractivity contribution in [3.8, 4) is 0 Å². The molecule has 2 N–H and O–H groups in total. The number of anilines is 1. The zero-order valence-electron chi connectivity index (χ0n) is 9.89. The molecule has 0 radical (unpaired) electrons. The number of hydrogen-bond acceptors (Lipinski definition) is 3. The van der Waals surface area contributed by atoms with Crippen LogP contribution in [-0.4, -0.2) is 15.0 Å². The Morgan fingerprint density at radius 1 is 1.41 bits per heavy atom. The van der Waals surface area contributed by atoms with Gasteiger partial charge < -0.3 is 5.73 Å². The van der Waals surface area contributed by atoms with Gasteiger partial charge in [0, 0.05) is 5.02 Å². The Hall–Kier alpha value is -1.55. The summed E-state index contributed by atoms with van der Waals surface area (Å²) < 4.78 is 1.83. The van der Waals surface area contributed by atoms with E-state index in [1.54, 1.807) is 0 Å². The maximum absolute atomic E-state index is 5.95. The fraction of sp³-hybridized carbons (Fsp3) is 0.333. The van der Waals surface area contributed by atoms with E-state index in [1.165, 1.54) is 0 Å². The molecule has 0 saturated heterocycles. The number of halogens is 1. The summed E-state index contributed by atoms with van der Waals surface area (Å²) >= 11 is 5.95. The Balaban J connectivity index is 2.30. The molecule has 1 aromatic heterocycles. The van der Waals surface area contributed by atoms with Gasteiger partial charge in [0.2, 0.25) is 0 Å². The van der Waals surface area contributed by atoms with Crippen LogP contribution in [-0.2, 0) is 6.54 Å². The predicted molar refractivity (Wildman–Crippen MR) is 69.1 cm³/mol. The predicted octanol–water partition coefficient (Wildman–Crippen LogP) is 2.69. The van der Waals surface area contributed by atoms with E-state index in [4.69, 9.17) is 17.3 Å². The van der Waals surface area contributed by atoms with E-state index >= 15 is 0 Å². The Bertz CT molecular complexity index is 519. The average Bonchev–Trinajstić information content (AvgIpc) is 2.59. The summed E-state index contributed by atoms with van der Waals surface area (Å²) in [7, 11) is 0. The molecule has 0 aliphatic rings. The fourth-order valence-corrected chi connectivity index (χ4v) is 2.07. The summed E-state index contributed by atoms with van der Waals surface area (Å²) in [6.07, 6.45) is 0. The molecule has 0 saturated carbocycles. The number of nitrogen functional groups attached to an aromatic ring is 1. The quantitative estimate of drug-likeness (QED) is 0.911. The molecule has 0 aliphatic carbocycles. The Labute approximate surface area is 105 Å². The van der Waals surface area contributed by atoms with Gasteiger partial charge in [-0.05, 0) is 23.6 Å². The van der Waals surface area contributed by atoms with Gasteiger partial charge in [-0.3, -0.25) is 0 Å². The fourth-order valence-electron chi connectivity index (χ4n) is 1.85. The number of rotatable bonds is 3. The van der Waals surface area contributed by atoms with Gasteiger partial charge in [-0.25, -0.2) is 4.68 Å². The number of nitrogens with zero attached hydrogens (tertiary/aromatic N) is 3. The van der Waals surface area contributed by atoms with Crippen molar-refractivity contribution in [1.29, 1.82) is 0 Å². The van der Waals surface area contributed by atoms with Crippen LogP contribution in [0.25, 0.3) is 0 Å². The first-order valence-electron chi connectivity index (χ1n) is 5.51. The van der Waals surface area contributed by atoms with Gasteiger partial charge in [-0.2, -0.15) is 0 Å². The summed E-state index contributed by atoms with van der Waals surface area (Å²) in [5.74, 6) is 0.797. The van der Waals surface area contributed by atoms with E-state index in [1.807, 2.05) is 28.9 Å². The zero-order valence-corrected chi connectivity index (χ0v) is 10.6. The third-order valence-corrected chi connectivity index (χ3v) is 2.80.